The molecule has 150 valence electrons. The Morgan fingerprint density at radius 1 is 1.14 bits per heavy atom. The molecule has 2 aliphatic carbocycles. The van der Waals surface area contributed by atoms with Crippen LogP contribution in [0.2, 0.25) is 0 Å². The number of aromatic nitrogens is 2. The molecule has 5 rings (SSSR count). The van der Waals surface area contributed by atoms with E-state index in [-0.39, 0.29) is 17.1 Å². The first kappa shape index (κ1) is 18.2. The Bertz CT molecular complexity index is 1210. The maximum atomic E-state index is 12.2. The lowest BCUT2D eigenvalue weighted by Crippen LogP contribution is -2.17. The van der Waals surface area contributed by atoms with E-state index in [1.54, 1.807) is 6.07 Å². The van der Waals surface area contributed by atoms with Gasteiger partial charge in [0.15, 0.2) is 5.82 Å². The fourth-order valence-electron chi connectivity index (χ4n) is 3.58. The van der Waals surface area contributed by atoms with E-state index in [4.69, 9.17) is 0 Å². The van der Waals surface area contributed by atoms with Crippen LogP contribution in [0.4, 0.5) is 11.5 Å². The molecule has 1 amide bonds. The minimum absolute atomic E-state index is 0.0191. The van der Waals surface area contributed by atoms with Crippen LogP contribution in [-0.2, 0) is 14.8 Å². The van der Waals surface area contributed by atoms with Crippen LogP contribution in [0, 0.1) is 11.8 Å². The Kier molecular flexibility index (Phi) is 4.13. The normalized spacial score (nSPS) is 21.1. The summed E-state index contributed by atoms with van der Waals surface area (Å²) in [7, 11) is -3.29. The van der Waals surface area contributed by atoms with Crippen LogP contribution in [0.15, 0.2) is 42.5 Å². The minimum atomic E-state index is -3.29. The second-order valence-electron chi connectivity index (χ2n) is 8.07. The predicted molar refractivity (Wildman–Crippen MR) is 113 cm³/mol. The summed E-state index contributed by atoms with van der Waals surface area (Å²) in [6.07, 6.45) is 2.38. The van der Waals surface area contributed by atoms with Gasteiger partial charge in [-0.1, -0.05) is 25.1 Å². The van der Waals surface area contributed by atoms with Crippen LogP contribution in [0.3, 0.4) is 0 Å². The Morgan fingerprint density at radius 3 is 2.62 bits per heavy atom. The average molecular weight is 410 g/mol. The molecule has 2 unspecified atom stereocenters. The van der Waals surface area contributed by atoms with Crippen molar-refractivity contribution >= 4 is 38.3 Å². The molecule has 2 fully saturated rings. The van der Waals surface area contributed by atoms with E-state index in [1.807, 2.05) is 36.4 Å². The van der Waals surface area contributed by atoms with Gasteiger partial charge in [0.2, 0.25) is 15.9 Å². The van der Waals surface area contributed by atoms with Crippen molar-refractivity contribution in [1.29, 1.82) is 0 Å². The lowest BCUT2D eigenvalue weighted by atomic mass is 10.0. The average Bonchev–Trinajstić information content (AvgIpc) is 3.61. The van der Waals surface area contributed by atoms with Crippen molar-refractivity contribution in [2.75, 3.05) is 10.0 Å². The molecule has 0 radical (unpaired) electrons. The number of nitrogens with zero attached hydrogens (tertiary/aromatic N) is 1. The Labute approximate surface area is 168 Å². The molecule has 8 heteroatoms. The van der Waals surface area contributed by atoms with Crippen molar-refractivity contribution in [3.8, 4) is 11.1 Å². The van der Waals surface area contributed by atoms with E-state index in [9.17, 15) is 13.2 Å². The molecule has 3 aromatic rings. The third-order valence-electron chi connectivity index (χ3n) is 5.67. The van der Waals surface area contributed by atoms with Crippen LogP contribution in [0.5, 0.6) is 0 Å². The Hall–Kier alpha value is -2.87. The largest absolute Gasteiger partial charge is 0.308 e. The van der Waals surface area contributed by atoms with Crippen LogP contribution >= 0.6 is 0 Å². The van der Waals surface area contributed by atoms with Crippen molar-refractivity contribution in [1.82, 2.24) is 10.2 Å². The van der Waals surface area contributed by atoms with Crippen LogP contribution in [-0.4, -0.2) is 29.8 Å². The molecule has 1 heterocycles. The highest BCUT2D eigenvalue weighted by atomic mass is 32.2. The van der Waals surface area contributed by atoms with Gasteiger partial charge in [-0.2, -0.15) is 5.10 Å². The number of sulfonamides is 1. The number of amides is 1. The maximum Gasteiger partial charge on any atom is 0.235 e. The molecule has 0 spiro atoms. The van der Waals surface area contributed by atoms with Gasteiger partial charge in [-0.05, 0) is 60.6 Å². The quantitative estimate of drug-likeness (QED) is 0.576. The van der Waals surface area contributed by atoms with E-state index in [1.165, 1.54) is 0 Å². The van der Waals surface area contributed by atoms with Crippen LogP contribution < -0.4 is 10.0 Å². The molecule has 2 saturated carbocycles. The number of fused-ring (bicyclic) bond motifs is 1. The SMILES string of the molecule is CC1CC1C(=O)Nc1n[nH]c2cc(-c3cccc(NS(=O)(=O)C4CC4)c3)ccc12. The molecule has 2 aliphatic rings. The first-order valence-electron chi connectivity index (χ1n) is 9.82. The van der Waals surface area contributed by atoms with Gasteiger partial charge in [-0.3, -0.25) is 14.6 Å². The summed E-state index contributed by atoms with van der Waals surface area (Å²) < 4.78 is 27.1. The molecule has 3 N–H and O–H groups in total. The Balaban J connectivity index is 1.39. The molecule has 1 aromatic heterocycles. The molecular weight excluding hydrogens is 388 g/mol. The summed E-state index contributed by atoms with van der Waals surface area (Å²) >= 11 is 0. The molecule has 29 heavy (non-hydrogen) atoms. The number of rotatable bonds is 6. The van der Waals surface area contributed by atoms with E-state index < -0.39 is 10.0 Å². The van der Waals surface area contributed by atoms with E-state index in [0.29, 0.717) is 17.4 Å². The highest BCUT2D eigenvalue weighted by Crippen LogP contribution is 2.39. The summed E-state index contributed by atoms with van der Waals surface area (Å²) in [6.45, 7) is 2.07. The van der Waals surface area contributed by atoms with Crippen molar-refractivity contribution in [3.63, 3.8) is 0 Å². The van der Waals surface area contributed by atoms with E-state index >= 15 is 0 Å². The number of carbonyl (C=O) groups excluding carboxylic acids is 1. The first-order chi connectivity index (χ1) is 13.9. The number of H-pyrrole nitrogens is 1. The van der Waals surface area contributed by atoms with Crippen molar-refractivity contribution in [2.45, 2.75) is 31.4 Å². The van der Waals surface area contributed by atoms with Crippen molar-refractivity contribution in [2.24, 2.45) is 11.8 Å². The highest BCUT2D eigenvalue weighted by molar-refractivity contribution is 7.93. The lowest BCUT2D eigenvalue weighted by Gasteiger charge is -2.09. The monoisotopic (exact) mass is 410 g/mol. The van der Waals surface area contributed by atoms with E-state index in [2.05, 4.69) is 27.2 Å². The van der Waals surface area contributed by atoms with Gasteiger partial charge >= 0.3 is 0 Å². The number of hydrogen-bond acceptors (Lipinski definition) is 4. The number of aromatic amines is 1. The maximum absolute atomic E-state index is 12.2. The fourth-order valence-corrected chi connectivity index (χ4v) is 4.96. The first-order valence-corrected chi connectivity index (χ1v) is 11.4. The van der Waals surface area contributed by atoms with E-state index in [0.717, 1.165) is 41.3 Å². The zero-order valence-electron chi connectivity index (χ0n) is 16.0. The number of anilines is 2. The van der Waals surface area contributed by atoms with Crippen molar-refractivity contribution in [3.05, 3.63) is 42.5 Å². The summed E-state index contributed by atoms with van der Waals surface area (Å²) in [5.74, 6) is 1.09. The van der Waals surface area contributed by atoms with Gasteiger partial charge in [0.05, 0.1) is 10.8 Å². The van der Waals surface area contributed by atoms with Crippen LogP contribution in [0.25, 0.3) is 22.0 Å². The zero-order valence-corrected chi connectivity index (χ0v) is 16.8. The second kappa shape index (κ2) is 6.59. The number of benzene rings is 2. The molecule has 2 atom stereocenters. The summed E-state index contributed by atoms with van der Waals surface area (Å²) in [6, 6.07) is 13.2. The van der Waals surface area contributed by atoms with Crippen molar-refractivity contribution < 1.29 is 13.2 Å². The number of hydrogen-bond donors (Lipinski definition) is 3. The topological polar surface area (TPSA) is 104 Å². The van der Waals surface area contributed by atoms with Gasteiger partial charge in [0.25, 0.3) is 0 Å². The summed E-state index contributed by atoms with van der Waals surface area (Å²) in [4.78, 5) is 12.2. The standard InChI is InChI=1S/C21H22N4O3S/c1-12-9-18(12)21(26)22-20-17-8-5-14(11-19(17)23-24-20)13-3-2-4-15(10-13)25-29(27,28)16-6-7-16/h2-5,8,10-12,16,18,25H,6-7,9H2,1H3,(H2,22,23,24,26). The summed E-state index contributed by atoms with van der Waals surface area (Å²) in [5.41, 5.74) is 3.20. The predicted octanol–water partition coefficient (Wildman–Crippen LogP) is 3.73. The molecule has 2 aromatic carbocycles. The van der Waals surface area contributed by atoms with Gasteiger partial charge in [-0.25, -0.2) is 8.42 Å². The molecule has 0 aliphatic heterocycles. The highest BCUT2D eigenvalue weighted by Gasteiger charge is 2.39. The van der Waals surface area contributed by atoms with Gasteiger partial charge < -0.3 is 5.32 Å². The number of carbonyl (C=O) groups is 1. The van der Waals surface area contributed by atoms with Crippen LogP contribution in [0.1, 0.15) is 26.2 Å². The zero-order chi connectivity index (χ0) is 20.2. The lowest BCUT2D eigenvalue weighted by molar-refractivity contribution is -0.117. The second-order valence-corrected chi connectivity index (χ2v) is 10.0. The fraction of sp³-hybridized carbons (Fsp3) is 0.333. The minimum Gasteiger partial charge on any atom is -0.308 e. The smallest absolute Gasteiger partial charge is 0.235 e. The third-order valence-corrected chi connectivity index (χ3v) is 7.54. The molecule has 0 bridgehead atoms. The molecule has 7 nitrogen and oxygen atoms in total. The van der Waals surface area contributed by atoms with Gasteiger partial charge in [0, 0.05) is 17.0 Å². The Morgan fingerprint density at radius 2 is 1.90 bits per heavy atom. The number of nitrogens with one attached hydrogen (secondary N) is 3. The molecule has 0 saturated heterocycles. The third kappa shape index (κ3) is 3.60. The molecular formula is C21H22N4O3S. The van der Waals surface area contributed by atoms with Gasteiger partial charge in [0.1, 0.15) is 0 Å². The van der Waals surface area contributed by atoms with Gasteiger partial charge in [-0.15, -0.1) is 0 Å². The summed E-state index contributed by atoms with van der Waals surface area (Å²) in [5, 5.41) is 10.7.